The Morgan fingerprint density at radius 1 is 1.18 bits per heavy atom. The molecule has 1 atom stereocenters. The monoisotopic (exact) mass is 463 g/mol. The van der Waals surface area contributed by atoms with E-state index in [1.54, 1.807) is 35.2 Å². The fourth-order valence-corrected chi connectivity index (χ4v) is 4.28. The van der Waals surface area contributed by atoms with E-state index in [9.17, 15) is 14.0 Å². The molecule has 2 aromatic carbocycles. The van der Waals surface area contributed by atoms with Crippen LogP contribution in [0.2, 0.25) is 0 Å². The second-order valence-electron chi connectivity index (χ2n) is 8.81. The molecule has 1 aliphatic heterocycles. The van der Waals surface area contributed by atoms with Crippen molar-refractivity contribution in [3.8, 4) is 5.75 Å². The normalized spacial score (nSPS) is 14.7. The van der Waals surface area contributed by atoms with Gasteiger partial charge in [0.05, 0.1) is 6.61 Å². The lowest BCUT2D eigenvalue weighted by molar-refractivity contribution is -0.133. The summed E-state index contributed by atoms with van der Waals surface area (Å²) < 4.78 is 18.9. The molecule has 2 N–H and O–H groups in total. The summed E-state index contributed by atoms with van der Waals surface area (Å²) in [6.07, 6.45) is 4.62. The van der Waals surface area contributed by atoms with Gasteiger partial charge in [-0.25, -0.2) is 4.39 Å². The Morgan fingerprint density at radius 2 is 1.94 bits per heavy atom. The largest absolute Gasteiger partial charge is 0.494 e. The molecule has 0 fully saturated rings. The van der Waals surface area contributed by atoms with E-state index < -0.39 is 6.04 Å². The molecule has 1 aliphatic rings. The van der Waals surface area contributed by atoms with Crippen molar-refractivity contribution in [2.45, 2.75) is 33.2 Å². The van der Waals surface area contributed by atoms with Gasteiger partial charge in [-0.1, -0.05) is 19.9 Å². The van der Waals surface area contributed by atoms with Gasteiger partial charge in [-0.3, -0.25) is 9.59 Å². The number of aromatic amines is 1. The average Bonchev–Trinajstić information content (AvgIpc) is 3.25. The summed E-state index contributed by atoms with van der Waals surface area (Å²) >= 11 is 0. The van der Waals surface area contributed by atoms with Gasteiger partial charge in [-0.2, -0.15) is 0 Å². The van der Waals surface area contributed by atoms with Crippen molar-refractivity contribution in [3.05, 3.63) is 71.7 Å². The molecule has 0 bridgehead atoms. The van der Waals surface area contributed by atoms with Crippen LogP contribution in [0.5, 0.6) is 5.75 Å². The van der Waals surface area contributed by atoms with Crippen LogP contribution in [0.25, 0.3) is 16.5 Å². The quantitative estimate of drug-likeness (QED) is 0.530. The van der Waals surface area contributed by atoms with Gasteiger partial charge in [0.15, 0.2) is 0 Å². The predicted molar refractivity (Wildman–Crippen MR) is 131 cm³/mol. The van der Waals surface area contributed by atoms with Crippen molar-refractivity contribution in [2.24, 2.45) is 5.92 Å². The number of fused-ring (bicyclic) bond motifs is 1. The smallest absolute Gasteiger partial charge is 0.251 e. The molecule has 7 heteroatoms. The van der Waals surface area contributed by atoms with E-state index in [4.69, 9.17) is 4.74 Å². The molecule has 1 unspecified atom stereocenters. The van der Waals surface area contributed by atoms with Crippen molar-refractivity contribution in [3.63, 3.8) is 0 Å². The average molecular weight is 464 g/mol. The van der Waals surface area contributed by atoms with E-state index in [-0.39, 0.29) is 23.5 Å². The Labute approximate surface area is 198 Å². The molecular weight excluding hydrogens is 433 g/mol. The highest BCUT2D eigenvalue weighted by Crippen LogP contribution is 2.30. The minimum Gasteiger partial charge on any atom is -0.494 e. The molecule has 6 nitrogen and oxygen atoms in total. The van der Waals surface area contributed by atoms with Crippen molar-refractivity contribution in [1.82, 2.24) is 15.2 Å². The van der Waals surface area contributed by atoms with Gasteiger partial charge >= 0.3 is 0 Å². The van der Waals surface area contributed by atoms with Crippen LogP contribution in [-0.2, 0) is 4.79 Å². The standard InChI is InChI=1S/C27H30FN3O3/c1-4-34-21-8-5-19(6-9-21)26(32)30-25(17(2)3)27(33)31-13-11-18(12-14-31)23-16-29-24-15-20(28)7-10-22(23)24/h5-11,15-17,25,29H,4,12-14H2,1-3H3,(H,30,32). The molecule has 0 saturated carbocycles. The molecule has 0 spiro atoms. The van der Waals surface area contributed by atoms with Crippen LogP contribution in [0.3, 0.4) is 0 Å². The number of rotatable bonds is 7. The van der Waals surface area contributed by atoms with Crippen LogP contribution in [0, 0.1) is 11.7 Å². The third-order valence-electron chi connectivity index (χ3n) is 6.16. The maximum atomic E-state index is 13.5. The van der Waals surface area contributed by atoms with Gasteiger partial charge in [-0.05, 0) is 67.3 Å². The van der Waals surface area contributed by atoms with Crippen LogP contribution in [0.1, 0.15) is 43.1 Å². The zero-order chi connectivity index (χ0) is 24.2. The lowest BCUT2D eigenvalue weighted by Crippen LogP contribution is -2.52. The number of carbonyl (C=O) groups excluding carboxylic acids is 2. The highest BCUT2D eigenvalue weighted by molar-refractivity contribution is 5.98. The van der Waals surface area contributed by atoms with Crippen molar-refractivity contribution in [2.75, 3.05) is 19.7 Å². The van der Waals surface area contributed by atoms with Gasteiger partial charge < -0.3 is 19.9 Å². The summed E-state index contributed by atoms with van der Waals surface area (Å²) in [4.78, 5) is 31.0. The minimum atomic E-state index is -0.620. The predicted octanol–water partition coefficient (Wildman–Crippen LogP) is 4.78. The van der Waals surface area contributed by atoms with Crippen LogP contribution < -0.4 is 10.1 Å². The fraction of sp³-hybridized carbons (Fsp3) is 0.333. The molecule has 2 amide bonds. The summed E-state index contributed by atoms with van der Waals surface area (Å²) in [7, 11) is 0. The van der Waals surface area contributed by atoms with E-state index in [1.165, 1.54) is 12.1 Å². The maximum absolute atomic E-state index is 13.5. The Morgan fingerprint density at radius 3 is 2.59 bits per heavy atom. The Balaban J connectivity index is 1.44. The van der Waals surface area contributed by atoms with E-state index in [0.29, 0.717) is 37.4 Å². The Bertz CT molecular complexity index is 1210. The van der Waals surface area contributed by atoms with E-state index in [2.05, 4.69) is 10.3 Å². The molecule has 34 heavy (non-hydrogen) atoms. The van der Waals surface area contributed by atoms with E-state index in [1.807, 2.05) is 33.0 Å². The first-order valence-corrected chi connectivity index (χ1v) is 11.7. The number of amides is 2. The highest BCUT2D eigenvalue weighted by atomic mass is 19.1. The molecule has 3 aromatic rings. The first-order valence-electron chi connectivity index (χ1n) is 11.7. The summed E-state index contributed by atoms with van der Waals surface area (Å²) in [5.41, 5.74) is 3.40. The first-order chi connectivity index (χ1) is 16.4. The topological polar surface area (TPSA) is 74.4 Å². The summed E-state index contributed by atoms with van der Waals surface area (Å²) in [6, 6.07) is 11.0. The number of ether oxygens (including phenoxy) is 1. The molecule has 178 valence electrons. The van der Waals surface area contributed by atoms with Crippen molar-refractivity contribution in [1.29, 1.82) is 0 Å². The van der Waals surface area contributed by atoms with Crippen molar-refractivity contribution >= 4 is 28.3 Å². The zero-order valence-electron chi connectivity index (χ0n) is 19.7. The number of carbonyl (C=O) groups is 2. The number of aromatic nitrogens is 1. The lowest BCUT2D eigenvalue weighted by Gasteiger charge is -2.32. The van der Waals surface area contributed by atoms with Crippen LogP contribution in [0.15, 0.2) is 54.7 Å². The molecule has 0 aliphatic carbocycles. The molecule has 1 aromatic heterocycles. The van der Waals surface area contributed by atoms with Gasteiger partial charge in [-0.15, -0.1) is 0 Å². The lowest BCUT2D eigenvalue weighted by atomic mass is 9.97. The Kier molecular flexibility index (Phi) is 7.01. The molecule has 0 radical (unpaired) electrons. The summed E-state index contributed by atoms with van der Waals surface area (Å²) in [5, 5.41) is 3.89. The van der Waals surface area contributed by atoms with Gasteiger partial charge in [0.25, 0.3) is 5.91 Å². The van der Waals surface area contributed by atoms with E-state index >= 15 is 0 Å². The fourth-order valence-electron chi connectivity index (χ4n) is 4.28. The maximum Gasteiger partial charge on any atom is 0.251 e. The van der Waals surface area contributed by atoms with Gasteiger partial charge in [0, 0.05) is 41.3 Å². The number of halogens is 1. The van der Waals surface area contributed by atoms with Gasteiger partial charge in [0.2, 0.25) is 5.91 Å². The summed E-state index contributed by atoms with van der Waals surface area (Å²) in [6.45, 7) is 7.33. The number of nitrogens with one attached hydrogen (secondary N) is 2. The molecule has 0 saturated heterocycles. The van der Waals surface area contributed by atoms with Crippen LogP contribution >= 0.6 is 0 Å². The van der Waals surface area contributed by atoms with Crippen LogP contribution in [0.4, 0.5) is 4.39 Å². The number of hydrogen-bond donors (Lipinski definition) is 2. The molecule has 4 rings (SSSR count). The second-order valence-corrected chi connectivity index (χ2v) is 8.81. The van der Waals surface area contributed by atoms with Crippen LogP contribution in [-0.4, -0.2) is 47.4 Å². The minimum absolute atomic E-state index is 0.0620. The highest BCUT2D eigenvalue weighted by Gasteiger charge is 2.30. The third-order valence-corrected chi connectivity index (χ3v) is 6.16. The SMILES string of the molecule is CCOc1ccc(C(=O)NC(C(=O)N2CC=C(c3c[nH]c4cc(F)ccc34)CC2)C(C)C)cc1. The number of hydrogen-bond acceptors (Lipinski definition) is 3. The zero-order valence-corrected chi connectivity index (χ0v) is 19.7. The number of H-pyrrole nitrogens is 1. The Hall–Kier alpha value is -3.61. The van der Waals surface area contributed by atoms with E-state index in [0.717, 1.165) is 22.0 Å². The van der Waals surface area contributed by atoms with Gasteiger partial charge in [0.1, 0.15) is 17.6 Å². The molecule has 2 heterocycles. The first kappa shape index (κ1) is 23.5. The van der Waals surface area contributed by atoms with Crippen molar-refractivity contribution < 1.29 is 18.7 Å². The summed E-state index contributed by atoms with van der Waals surface area (Å²) in [5.74, 6) is -0.0120. The number of nitrogens with zero attached hydrogens (tertiary/aromatic N) is 1. The third kappa shape index (κ3) is 4.98. The molecular formula is C27H30FN3O3. The number of benzene rings is 2. The second kappa shape index (κ2) is 10.1.